The molecule has 0 saturated carbocycles. The van der Waals surface area contributed by atoms with Crippen LogP contribution in [0.5, 0.6) is 0 Å². The Labute approximate surface area is 250 Å². The lowest BCUT2D eigenvalue weighted by molar-refractivity contribution is -0.384. The predicted octanol–water partition coefficient (Wildman–Crippen LogP) is 6.07. The number of hydrogen-bond acceptors (Lipinski definition) is 7. The van der Waals surface area contributed by atoms with Gasteiger partial charge in [0, 0.05) is 34.8 Å². The second-order valence-corrected chi connectivity index (χ2v) is 10.4. The van der Waals surface area contributed by atoms with E-state index in [0.717, 1.165) is 10.5 Å². The van der Waals surface area contributed by atoms with Crippen molar-refractivity contribution in [1.29, 1.82) is 0 Å². The lowest BCUT2D eigenvalue weighted by Gasteiger charge is -2.28. The molecule has 0 aliphatic carbocycles. The first-order valence-corrected chi connectivity index (χ1v) is 13.8. The molecule has 4 aromatic carbocycles. The van der Waals surface area contributed by atoms with Gasteiger partial charge in [0.1, 0.15) is 11.6 Å². The first-order chi connectivity index (χ1) is 20.8. The summed E-state index contributed by atoms with van der Waals surface area (Å²) in [6.45, 7) is 0.0794. The van der Waals surface area contributed by atoms with Crippen molar-refractivity contribution < 1.29 is 23.7 Å². The average Bonchev–Trinajstić information content (AvgIpc) is 3.57. The van der Waals surface area contributed by atoms with E-state index in [1.807, 2.05) is 30.3 Å². The summed E-state index contributed by atoms with van der Waals surface area (Å²) in [5, 5.41) is 11.9. The number of nitrogens with zero attached hydrogens (tertiary/aromatic N) is 4. The molecule has 0 radical (unpaired) electrons. The second kappa shape index (κ2) is 11.5. The number of hydrogen-bond donors (Lipinski definition) is 0. The zero-order valence-corrected chi connectivity index (χ0v) is 23.3. The quantitative estimate of drug-likeness (QED) is 0.121. The summed E-state index contributed by atoms with van der Waals surface area (Å²) in [7, 11) is 0. The highest BCUT2D eigenvalue weighted by Gasteiger charge is 2.44. The van der Waals surface area contributed by atoms with E-state index in [-0.39, 0.29) is 24.2 Å². The molecular formula is C32H23ClN4O6. The minimum atomic E-state index is -1.10. The van der Waals surface area contributed by atoms with Crippen LogP contribution in [-0.4, -0.2) is 45.1 Å². The van der Waals surface area contributed by atoms with Crippen molar-refractivity contribution >= 4 is 51.8 Å². The van der Waals surface area contributed by atoms with Crippen LogP contribution in [0.4, 0.5) is 11.4 Å². The molecule has 1 aromatic heterocycles. The summed E-state index contributed by atoms with van der Waals surface area (Å²) in [6.07, 6.45) is 0.111. The number of amides is 3. The molecule has 3 amide bonds. The Morgan fingerprint density at radius 1 is 1.00 bits per heavy atom. The van der Waals surface area contributed by atoms with Crippen LogP contribution in [0.15, 0.2) is 101 Å². The number of fused-ring (bicyclic) bond motifs is 1. The highest BCUT2D eigenvalue weighted by atomic mass is 35.5. The van der Waals surface area contributed by atoms with E-state index in [0.29, 0.717) is 39.7 Å². The van der Waals surface area contributed by atoms with Crippen LogP contribution >= 0.6 is 11.6 Å². The van der Waals surface area contributed by atoms with Gasteiger partial charge in [0.25, 0.3) is 17.5 Å². The molecule has 10 nitrogen and oxygen atoms in total. The fourth-order valence-electron chi connectivity index (χ4n) is 5.14. The van der Waals surface area contributed by atoms with Crippen molar-refractivity contribution in [1.82, 2.24) is 9.88 Å². The highest BCUT2D eigenvalue weighted by molar-refractivity contribution is 6.30. The minimum absolute atomic E-state index is 0.0432. The maximum Gasteiger partial charge on any atom is 0.270 e. The summed E-state index contributed by atoms with van der Waals surface area (Å²) in [6, 6.07) is 25.3. The second-order valence-electron chi connectivity index (χ2n) is 10.0. The van der Waals surface area contributed by atoms with Gasteiger partial charge in [-0.2, -0.15) is 0 Å². The normalized spacial score (nSPS) is 14.8. The van der Waals surface area contributed by atoms with Crippen LogP contribution in [-0.2, 0) is 16.0 Å². The first-order valence-electron chi connectivity index (χ1n) is 13.4. The molecule has 1 aliphatic rings. The van der Waals surface area contributed by atoms with Crippen LogP contribution < -0.4 is 4.90 Å². The smallest absolute Gasteiger partial charge is 0.270 e. The average molecular weight is 595 g/mol. The molecular weight excluding hydrogens is 572 g/mol. The zero-order valence-electron chi connectivity index (χ0n) is 22.6. The summed E-state index contributed by atoms with van der Waals surface area (Å²) in [5.41, 5.74) is 2.97. The Bertz CT molecular complexity index is 1850. The van der Waals surface area contributed by atoms with Crippen molar-refractivity contribution in [3.63, 3.8) is 0 Å². The van der Waals surface area contributed by atoms with Crippen LogP contribution in [0, 0.1) is 10.1 Å². The van der Waals surface area contributed by atoms with Gasteiger partial charge in [0.15, 0.2) is 5.58 Å². The van der Waals surface area contributed by atoms with Crippen molar-refractivity contribution in [2.75, 3.05) is 11.4 Å². The maximum absolute atomic E-state index is 13.8. The summed E-state index contributed by atoms with van der Waals surface area (Å²) in [5.74, 6) is -1.22. The van der Waals surface area contributed by atoms with Gasteiger partial charge in [-0.3, -0.25) is 24.5 Å². The third-order valence-electron chi connectivity index (χ3n) is 7.26. The topological polar surface area (TPSA) is 127 Å². The number of imide groups is 1. The molecule has 1 fully saturated rings. The van der Waals surface area contributed by atoms with Gasteiger partial charge in [0.2, 0.25) is 11.8 Å². The molecule has 1 aliphatic heterocycles. The van der Waals surface area contributed by atoms with Crippen molar-refractivity contribution in [3.05, 3.63) is 123 Å². The van der Waals surface area contributed by atoms with Crippen LogP contribution in [0.3, 0.4) is 0 Å². The summed E-state index contributed by atoms with van der Waals surface area (Å²) in [4.78, 5) is 58.3. The minimum Gasteiger partial charge on any atom is -0.436 e. The van der Waals surface area contributed by atoms with E-state index in [4.69, 9.17) is 16.0 Å². The molecule has 214 valence electrons. The Balaban J connectivity index is 1.28. The van der Waals surface area contributed by atoms with Gasteiger partial charge >= 0.3 is 0 Å². The van der Waals surface area contributed by atoms with Gasteiger partial charge < -0.3 is 9.32 Å². The van der Waals surface area contributed by atoms with Gasteiger partial charge in [-0.05, 0) is 66.6 Å². The monoisotopic (exact) mass is 594 g/mol. The molecule has 0 N–H and O–H groups in total. The van der Waals surface area contributed by atoms with Gasteiger partial charge in [-0.1, -0.05) is 41.9 Å². The Morgan fingerprint density at radius 3 is 2.51 bits per heavy atom. The van der Waals surface area contributed by atoms with Crippen LogP contribution in [0.25, 0.3) is 22.6 Å². The number of oxazole rings is 1. The van der Waals surface area contributed by atoms with E-state index in [2.05, 4.69) is 4.98 Å². The molecule has 2 heterocycles. The molecule has 1 saturated heterocycles. The van der Waals surface area contributed by atoms with E-state index < -0.39 is 28.7 Å². The van der Waals surface area contributed by atoms with Gasteiger partial charge in [-0.25, -0.2) is 9.88 Å². The van der Waals surface area contributed by atoms with E-state index in [1.165, 1.54) is 29.2 Å². The lowest BCUT2D eigenvalue weighted by Crippen LogP contribution is -2.46. The van der Waals surface area contributed by atoms with Gasteiger partial charge in [-0.15, -0.1) is 0 Å². The molecule has 11 heteroatoms. The zero-order chi connectivity index (χ0) is 30.1. The van der Waals surface area contributed by atoms with E-state index in [1.54, 1.807) is 42.5 Å². The largest absolute Gasteiger partial charge is 0.436 e. The van der Waals surface area contributed by atoms with Crippen molar-refractivity contribution in [2.45, 2.75) is 18.9 Å². The first kappa shape index (κ1) is 27.8. The number of benzene rings is 4. The summed E-state index contributed by atoms with van der Waals surface area (Å²) >= 11 is 6.13. The number of aromatic nitrogens is 1. The molecule has 0 bridgehead atoms. The number of carbonyl (C=O) groups is 3. The number of non-ortho nitro benzene ring substituents is 1. The molecule has 1 atom stereocenters. The number of nitro benzene ring substituents is 1. The SMILES string of the molecule is O=C1CC(N(CCc2cccc(Cl)c2)C(=O)c2cccc([N+](=O)[O-])c2)C(=O)N1c1ccc(-c2nc3ccccc3o2)cc1. The van der Waals surface area contributed by atoms with Crippen molar-refractivity contribution in [2.24, 2.45) is 0 Å². The number of nitro groups is 1. The van der Waals surface area contributed by atoms with Crippen LogP contribution in [0.2, 0.25) is 5.02 Å². The Hall–Kier alpha value is -5.35. The Kier molecular flexibility index (Phi) is 7.43. The summed E-state index contributed by atoms with van der Waals surface area (Å²) < 4.78 is 5.82. The fourth-order valence-corrected chi connectivity index (χ4v) is 5.35. The molecule has 43 heavy (non-hydrogen) atoms. The van der Waals surface area contributed by atoms with Gasteiger partial charge in [0.05, 0.1) is 17.0 Å². The number of halogens is 1. The lowest BCUT2D eigenvalue weighted by atomic mass is 10.1. The third-order valence-corrected chi connectivity index (χ3v) is 7.50. The number of anilines is 1. The van der Waals surface area contributed by atoms with E-state index in [9.17, 15) is 24.5 Å². The maximum atomic E-state index is 13.8. The fraction of sp³-hybridized carbons (Fsp3) is 0.125. The number of para-hydroxylation sites is 2. The highest BCUT2D eigenvalue weighted by Crippen LogP contribution is 2.31. The number of rotatable bonds is 8. The van der Waals surface area contributed by atoms with E-state index >= 15 is 0 Å². The standard InChI is InChI=1S/C32H23ClN4O6/c33-23-7-3-5-20(17-23)15-16-35(31(39)22-6-4-8-25(18-22)37(41)42)27-19-29(38)36(32(27)40)24-13-11-21(12-14-24)30-34-26-9-1-2-10-28(26)43-30/h1-14,17-18,27H,15-16,19H2. The third kappa shape index (κ3) is 5.60. The molecule has 0 spiro atoms. The number of carbonyl (C=O) groups excluding carboxylic acids is 3. The molecule has 5 aromatic rings. The predicted molar refractivity (Wildman–Crippen MR) is 160 cm³/mol. The Morgan fingerprint density at radius 2 is 1.77 bits per heavy atom. The molecule has 1 unspecified atom stereocenters. The molecule has 6 rings (SSSR count). The van der Waals surface area contributed by atoms with Crippen LogP contribution in [0.1, 0.15) is 22.3 Å². The van der Waals surface area contributed by atoms with Crippen molar-refractivity contribution in [3.8, 4) is 11.5 Å².